The highest BCUT2D eigenvalue weighted by Gasteiger charge is 2.51. The highest BCUT2D eigenvalue weighted by molar-refractivity contribution is 6.05. The third-order valence-corrected chi connectivity index (χ3v) is 8.37. The van der Waals surface area contributed by atoms with Crippen molar-refractivity contribution in [2.24, 2.45) is 5.92 Å². The number of imide groups is 1. The summed E-state index contributed by atoms with van der Waals surface area (Å²) < 4.78 is 1.50. The molecular weight excluding hydrogens is 464 g/mol. The van der Waals surface area contributed by atoms with E-state index in [1.165, 1.54) is 9.58 Å². The lowest BCUT2D eigenvalue weighted by molar-refractivity contribution is -0.136. The Labute approximate surface area is 207 Å². The summed E-state index contributed by atoms with van der Waals surface area (Å²) in [6, 6.07) is 4.54. The van der Waals surface area contributed by atoms with Crippen LogP contribution in [0.1, 0.15) is 71.9 Å². The van der Waals surface area contributed by atoms with Crippen molar-refractivity contribution in [1.29, 1.82) is 0 Å². The number of aliphatic hydroxyl groups excluding tert-OH is 1. The van der Waals surface area contributed by atoms with Gasteiger partial charge in [0.1, 0.15) is 6.04 Å². The molecule has 4 aliphatic rings. The number of amides is 4. The van der Waals surface area contributed by atoms with Crippen molar-refractivity contribution in [3.05, 3.63) is 41.2 Å². The van der Waals surface area contributed by atoms with Gasteiger partial charge in [-0.1, -0.05) is 11.6 Å². The zero-order valence-corrected chi connectivity index (χ0v) is 20.0. The van der Waals surface area contributed by atoms with Gasteiger partial charge in [-0.15, -0.1) is 5.10 Å². The summed E-state index contributed by atoms with van der Waals surface area (Å²) in [4.78, 5) is 53.3. The molecule has 1 aromatic heterocycles. The molecule has 0 bridgehead atoms. The van der Waals surface area contributed by atoms with Gasteiger partial charge in [-0.25, -0.2) is 4.68 Å². The topological polar surface area (TPSA) is 138 Å². The summed E-state index contributed by atoms with van der Waals surface area (Å²) in [6.07, 6.45) is 5.37. The lowest BCUT2D eigenvalue weighted by atomic mass is 9.70. The van der Waals surface area contributed by atoms with Crippen LogP contribution in [0.25, 0.3) is 5.69 Å². The number of nitrogens with zero attached hydrogens (tertiary/aromatic N) is 5. The molecule has 0 spiro atoms. The van der Waals surface area contributed by atoms with Gasteiger partial charge in [0.15, 0.2) is 5.69 Å². The quantitative estimate of drug-likeness (QED) is 0.602. The molecular formula is C25H28N6O5. The monoisotopic (exact) mass is 492 g/mol. The van der Waals surface area contributed by atoms with E-state index in [9.17, 15) is 24.3 Å². The van der Waals surface area contributed by atoms with Crippen molar-refractivity contribution in [2.75, 3.05) is 6.54 Å². The Balaban J connectivity index is 1.22. The fraction of sp³-hybridized carbons (Fsp3) is 0.520. The van der Waals surface area contributed by atoms with Gasteiger partial charge in [0.05, 0.1) is 18.0 Å². The van der Waals surface area contributed by atoms with E-state index in [1.54, 1.807) is 29.3 Å². The Bertz CT molecular complexity index is 1290. The molecule has 4 amide bonds. The summed E-state index contributed by atoms with van der Waals surface area (Å²) in [5.41, 5.74) is 1.71. The van der Waals surface area contributed by atoms with Gasteiger partial charge in [-0.05, 0) is 62.3 Å². The van der Waals surface area contributed by atoms with Crippen molar-refractivity contribution in [1.82, 2.24) is 30.1 Å². The molecule has 6 rings (SSSR count). The Morgan fingerprint density at radius 2 is 2.00 bits per heavy atom. The molecule has 188 valence electrons. The average Bonchev–Trinajstić information content (AvgIpc) is 3.48. The summed E-state index contributed by atoms with van der Waals surface area (Å²) >= 11 is 0. The first-order valence-electron chi connectivity index (χ1n) is 12.4. The largest absolute Gasteiger partial charge is 0.391 e. The van der Waals surface area contributed by atoms with E-state index >= 15 is 0 Å². The van der Waals surface area contributed by atoms with Gasteiger partial charge < -0.3 is 14.9 Å². The molecule has 1 aromatic carbocycles. The minimum atomic E-state index is -0.678. The van der Waals surface area contributed by atoms with Gasteiger partial charge in [0.25, 0.3) is 11.8 Å². The van der Waals surface area contributed by atoms with Crippen LogP contribution in [0.3, 0.4) is 0 Å². The third kappa shape index (κ3) is 3.52. The first-order valence-corrected chi connectivity index (χ1v) is 12.4. The molecule has 0 radical (unpaired) electrons. The second-order valence-electron chi connectivity index (χ2n) is 10.5. The smallest absolute Gasteiger partial charge is 0.276 e. The van der Waals surface area contributed by atoms with Crippen molar-refractivity contribution in [2.45, 2.75) is 69.7 Å². The second kappa shape index (κ2) is 8.22. The van der Waals surface area contributed by atoms with Crippen LogP contribution in [0, 0.1) is 5.92 Å². The van der Waals surface area contributed by atoms with E-state index in [1.807, 2.05) is 0 Å². The maximum Gasteiger partial charge on any atom is 0.276 e. The third-order valence-electron chi connectivity index (χ3n) is 8.37. The normalized spacial score (nSPS) is 28.3. The Hall–Kier alpha value is -3.60. The van der Waals surface area contributed by atoms with Gasteiger partial charge in [-0.3, -0.25) is 24.5 Å². The fourth-order valence-corrected chi connectivity index (χ4v) is 6.13. The molecule has 3 fully saturated rings. The average molecular weight is 493 g/mol. The number of likely N-dealkylation sites (tertiary alicyclic amines) is 1. The first-order chi connectivity index (χ1) is 17.2. The lowest BCUT2D eigenvalue weighted by Gasteiger charge is -2.45. The molecule has 4 heterocycles. The Kier molecular flexibility index (Phi) is 5.22. The van der Waals surface area contributed by atoms with Crippen molar-refractivity contribution in [3.8, 4) is 5.69 Å². The van der Waals surface area contributed by atoms with Crippen molar-refractivity contribution < 1.29 is 24.3 Å². The number of carbonyl (C=O) groups excluding carboxylic acids is 4. The van der Waals surface area contributed by atoms with E-state index in [-0.39, 0.29) is 48.5 Å². The number of benzene rings is 1. The number of fused-ring (bicyclic) bond motifs is 1. The highest BCUT2D eigenvalue weighted by Crippen LogP contribution is 2.46. The fourth-order valence-electron chi connectivity index (χ4n) is 6.13. The minimum Gasteiger partial charge on any atom is -0.391 e. The lowest BCUT2D eigenvalue weighted by Crippen LogP contribution is -2.52. The molecule has 1 aliphatic carbocycles. The molecule has 3 aliphatic heterocycles. The van der Waals surface area contributed by atoms with E-state index in [0.29, 0.717) is 30.0 Å². The number of rotatable bonds is 4. The zero-order chi connectivity index (χ0) is 25.2. The van der Waals surface area contributed by atoms with Crippen LogP contribution < -0.4 is 5.32 Å². The number of β-amino-alcohol motifs (C(OH)–C–C–N with tert-alkyl or cyclic N) is 1. The molecule has 2 N–H and O–H groups in total. The van der Waals surface area contributed by atoms with Crippen molar-refractivity contribution >= 4 is 23.6 Å². The molecule has 36 heavy (non-hydrogen) atoms. The van der Waals surface area contributed by atoms with Gasteiger partial charge in [0.2, 0.25) is 11.8 Å². The SMILES string of the molecule is CC1(C2CCC2)CC(O)CN1C(=O)c1cn(-c2ccc3c(c2)CN(C2CCC(=O)NC2=O)C3=O)nn1. The van der Waals surface area contributed by atoms with Gasteiger partial charge >= 0.3 is 0 Å². The van der Waals surface area contributed by atoms with Crippen LogP contribution in [-0.4, -0.2) is 77.8 Å². The molecule has 2 saturated heterocycles. The predicted molar refractivity (Wildman–Crippen MR) is 125 cm³/mol. The number of aliphatic hydroxyl groups is 1. The van der Waals surface area contributed by atoms with Crippen LogP contribution in [0.2, 0.25) is 0 Å². The maximum absolute atomic E-state index is 13.4. The van der Waals surface area contributed by atoms with Crippen LogP contribution in [0.5, 0.6) is 0 Å². The van der Waals surface area contributed by atoms with E-state index < -0.39 is 18.1 Å². The number of nitrogens with one attached hydrogen (secondary N) is 1. The van der Waals surface area contributed by atoms with Gasteiger partial charge in [0, 0.05) is 30.6 Å². The molecule has 3 atom stereocenters. The predicted octanol–water partition coefficient (Wildman–Crippen LogP) is 0.794. The molecule has 1 saturated carbocycles. The Morgan fingerprint density at radius 1 is 1.19 bits per heavy atom. The minimum absolute atomic E-state index is 0.200. The summed E-state index contributed by atoms with van der Waals surface area (Å²) in [5, 5.41) is 20.9. The molecule has 11 heteroatoms. The first kappa shape index (κ1) is 22.8. The second-order valence-corrected chi connectivity index (χ2v) is 10.5. The van der Waals surface area contributed by atoms with Crippen LogP contribution in [0.15, 0.2) is 24.4 Å². The van der Waals surface area contributed by atoms with Gasteiger partial charge in [-0.2, -0.15) is 0 Å². The number of hydrogen-bond acceptors (Lipinski definition) is 7. The number of hydrogen-bond donors (Lipinski definition) is 2. The van der Waals surface area contributed by atoms with Crippen LogP contribution >= 0.6 is 0 Å². The van der Waals surface area contributed by atoms with Crippen LogP contribution in [-0.2, 0) is 16.1 Å². The maximum atomic E-state index is 13.4. The van der Waals surface area contributed by atoms with E-state index in [4.69, 9.17) is 0 Å². The summed E-state index contributed by atoms with van der Waals surface area (Å²) in [6.45, 7) is 2.59. The number of carbonyl (C=O) groups is 4. The standard InChI is InChI=1S/C25H28N6O5/c1-25(15-3-2-4-15)10-17(32)12-30(25)24(36)19-13-31(28-27-19)16-5-6-18-14(9-16)11-29(23(18)35)20-7-8-21(33)26-22(20)34/h5-6,9,13,15,17,20,32H,2-4,7-8,10-12H2,1H3,(H,26,33,34). The van der Waals surface area contributed by atoms with E-state index in [2.05, 4.69) is 22.6 Å². The van der Waals surface area contributed by atoms with Crippen molar-refractivity contribution in [3.63, 3.8) is 0 Å². The summed E-state index contributed by atoms with van der Waals surface area (Å²) in [7, 11) is 0. The highest BCUT2D eigenvalue weighted by atomic mass is 16.3. The number of piperidine rings is 1. The molecule has 2 aromatic rings. The Morgan fingerprint density at radius 3 is 2.72 bits per heavy atom. The van der Waals surface area contributed by atoms with Crippen LogP contribution in [0.4, 0.5) is 0 Å². The number of aromatic nitrogens is 3. The van der Waals surface area contributed by atoms with E-state index in [0.717, 1.165) is 24.8 Å². The zero-order valence-electron chi connectivity index (χ0n) is 20.0. The molecule has 3 unspecified atom stereocenters. The summed E-state index contributed by atoms with van der Waals surface area (Å²) in [5.74, 6) is -0.880. The molecule has 11 nitrogen and oxygen atoms in total.